The summed E-state index contributed by atoms with van der Waals surface area (Å²) >= 11 is 0. The Bertz CT molecular complexity index is 2280. The number of aromatic amines is 1. The number of ether oxygens (including phenoxy) is 1. The third-order valence-electron chi connectivity index (χ3n) is 10.4. The standard InChI is InChI=1S/C35H34N8O3/c1-41-31-26(12-22(14-29(31)46-2)35(45)43-16-21-7-10-27(43)30(21)36)40-33(41)28-13-20-6-9-24(39-32(20)42(28)15-18-3-4-18)19-5-8-23-25(11-19)37-17-38-34(23)44/h5-6,8-9,11-14,17-18,21,27,30H,3-4,7,10,15-16,36H2,1-2H3,(H,37,38,44). The fraction of sp³-hybridized carbons (Fsp3) is 0.343. The topological polar surface area (TPSA) is 137 Å². The van der Waals surface area contributed by atoms with Gasteiger partial charge in [0.1, 0.15) is 16.9 Å². The van der Waals surface area contributed by atoms with Gasteiger partial charge in [0.2, 0.25) is 0 Å². The zero-order valence-corrected chi connectivity index (χ0v) is 25.7. The fourth-order valence-corrected chi connectivity index (χ4v) is 7.71. The molecule has 3 atom stereocenters. The molecule has 46 heavy (non-hydrogen) atoms. The molecule has 4 aromatic heterocycles. The molecule has 1 saturated heterocycles. The maximum absolute atomic E-state index is 13.7. The number of rotatable bonds is 6. The highest BCUT2D eigenvalue weighted by Gasteiger charge is 2.47. The van der Waals surface area contributed by atoms with Crippen LogP contribution in [0, 0.1) is 11.8 Å². The van der Waals surface area contributed by atoms with Crippen molar-refractivity contribution in [1.82, 2.24) is 34.0 Å². The number of amides is 1. The van der Waals surface area contributed by atoms with E-state index < -0.39 is 0 Å². The van der Waals surface area contributed by atoms with Crippen LogP contribution in [0.5, 0.6) is 5.75 Å². The van der Waals surface area contributed by atoms with Gasteiger partial charge in [-0.15, -0.1) is 0 Å². The van der Waals surface area contributed by atoms with E-state index in [2.05, 4.69) is 31.2 Å². The zero-order chi connectivity index (χ0) is 31.3. The van der Waals surface area contributed by atoms with Gasteiger partial charge in [0.25, 0.3) is 11.5 Å². The first-order valence-electron chi connectivity index (χ1n) is 16.0. The summed E-state index contributed by atoms with van der Waals surface area (Å²) in [5, 5.41) is 1.56. The molecule has 2 saturated carbocycles. The van der Waals surface area contributed by atoms with Crippen molar-refractivity contribution >= 4 is 38.9 Å². The SMILES string of the molecule is COc1cc(C(=O)N2CC3CCC2C3N)cc2nc(-c3cc4ccc(-c5ccc6c(=O)[nH]cnc6c5)nc4n3CC3CC3)n(C)c12. The van der Waals surface area contributed by atoms with Crippen molar-refractivity contribution in [3.8, 4) is 28.5 Å². The van der Waals surface area contributed by atoms with E-state index in [0.29, 0.717) is 46.1 Å². The highest BCUT2D eigenvalue weighted by Crippen LogP contribution is 2.40. The van der Waals surface area contributed by atoms with Crippen molar-refractivity contribution in [3.05, 3.63) is 70.8 Å². The van der Waals surface area contributed by atoms with Gasteiger partial charge in [0, 0.05) is 48.7 Å². The molecule has 3 unspecified atom stereocenters. The van der Waals surface area contributed by atoms with Crippen LogP contribution in [0.4, 0.5) is 0 Å². The number of aryl methyl sites for hydroxylation is 1. The van der Waals surface area contributed by atoms with Gasteiger partial charge in [-0.2, -0.15) is 0 Å². The monoisotopic (exact) mass is 614 g/mol. The Morgan fingerprint density at radius 1 is 1.04 bits per heavy atom. The van der Waals surface area contributed by atoms with Gasteiger partial charge in [-0.05, 0) is 80.0 Å². The highest BCUT2D eigenvalue weighted by atomic mass is 16.5. The Morgan fingerprint density at radius 2 is 1.91 bits per heavy atom. The maximum atomic E-state index is 13.7. The fourth-order valence-electron chi connectivity index (χ4n) is 7.71. The molecule has 2 aliphatic carbocycles. The van der Waals surface area contributed by atoms with Crippen molar-refractivity contribution in [3.63, 3.8) is 0 Å². The van der Waals surface area contributed by atoms with E-state index in [1.54, 1.807) is 13.2 Å². The molecule has 2 aromatic carbocycles. The normalized spacial score (nSPS) is 20.8. The van der Waals surface area contributed by atoms with Crippen molar-refractivity contribution in [2.75, 3.05) is 13.7 Å². The first kappa shape index (κ1) is 27.3. The van der Waals surface area contributed by atoms with Gasteiger partial charge < -0.3 is 29.5 Å². The van der Waals surface area contributed by atoms with Crippen molar-refractivity contribution < 1.29 is 9.53 Å². The van der Waals surface area contributed by atoms with Crippen LogP contribution in [0.25, 0.3) is 55.7 Å². The molecule has 0 radical (unpaired) electrons. The number of nitrogens with one attached hydrogen (secondary N) is 1. The van der Waals surface area contributed by atoms with Crippen molar-refractivity contribution in [2.45, 2.75) is 44.3 Å². The number of carbonyl (C=O) groups is 1. The number of fused-ring (bicyclic) bond motifs is 5. The van der Waals surface area contributed by atoms with E-state index in [0.717, 1.165) is 58.7 Å². The lowest BCUT2D eigenvalue weighted by atomic mass is 10.1. The molecule has 3 fully saturated rings. The summed E-state index contributed by atoms with van der Waals surface area (Å²) in [6.07, 6.45) is 5.85. The van der Waals surface area contributed by atoms with Crippen LogP contribution in [-0.4, -0.2) is 65.6 Å². The van der Waals surface area contributed by atoms with Gasteiger partial charge >= 0.3 is 0 Å². The van der Waals surface area contributed by atoms with E-state index >= 15 is 0 Å². The summed E-state index contributed by atoms with van der Waals surface area (Å²) < 4.78 is 10.2. The van der Waals surface area contributed by atoms with Crippen LogP contribution in [0.15, 0.2) is 59.7 Å². The van der Waals surface area contributed by atoms with E-state index in [1.165, 1.54) is 19.2 Å². The van der Waals surface area contributed by atoms with Gasteiger partial charge in [0.05, 0.1) is 41.2 Å². The van der Waals surface area contributed by atoms with Crippen LogP contribution >= 0.6 is 0 Å². The predicted molar refractivity (Wildman–Crippen MR) is 176 cm³/mol. The molecule has 0 spiro atoms. The summed E-state index contributed by atoms with van der Waals surface area (Å²) in [6, 6.07) is 15.8. The molecule has 1 aliphatic heterocycles. The van der Waals surface area contributed by atoms with E-state index in [-0.39, 0.29) is 23.6 Å². The Hall–Kier alpha value is -5.03. The Balaban J connectivity index is 1.16. The molecule has 11 heteroatoms. The zero-order valence-electron chi connectivity index (χ0n) is 25.7. The first-order valence-corrected chi connectivity index (χ1v) is 16.0. The largest absolute Gasteiger partial charge is 0.494 e. The van der Waals surface area contributed by atoms with Gasteiger partial charge in [-0.3, -0.25) is 9.59 Å². The van der Waals surface area contributed by atoms with Crippen LogP contribution in [0.2, 0.25) is 0 Å². The number of hydrogen-bond acceptors (Lipinski definition) is 7. The van der Waals surface area contributed by atoms with Crippen molar-refractivity contribution in [2.24, 2.45) is 24.6 Å². The second-order valence-electron chi connectivity index (χ2n) is 13.1. The molecule has 2 bridgehead atoms. The lowest BCUT2D eigenvalue weighted by Gasteiger charge is -2.27. The van der Waals surface area contributed by atoms with Gasteiger partial charge in [0.15, 0.2) is 5.82 Å². The number of nitrogens with zero attached hydrogens (tertiary/aromatic N) is 6. The number of imidazole rings is 1. The van der Waals surface area contributed by atoms with Gasteiger partial charge in [-0.25, -0.2) is 15.0 Å². The lowest BCUT2D eigenvalue weighted by molar-refractivity contribution is 0.0700. The summed E-state index contributed by atoms with van der Waals surface area (Å²) in [5.74, 6) is 2.36. The number of carbonyl (C=O) groups excluding carboxylic acids is 1. The molecule has 1 amide bonds. The Labute approximate surface area is 264 Å². The molecule has 11 nitrogen and oxygen atoms in total. The lowest BCUT2D eigenvalue weighted by Crippen LogP contribution is -2.41. The summed E-state index contributed by atoms with van der Waals surface area (Å²) in [7, 11) is 3.63. The number of methoxy groups -OCH3 is 1. The molecular formula is C35H34N8O3. The molecule has 3 N–H and O–H groups in total. The summed E-state index contributed by atoms with van der Waals surface area (Å²) in [4.78, 5) is 45.2. The minimum atomic E-state index is -0.161. The highest BCUT2D eigenvalue weighted by molar-refractivity contribution is 6.00. The predicted octanol–water partition coefficient (Wildman–Crippen LogP) is 4.47. The van der Waals surface area contributed by atoms with Crippen LogP contribution < -0.4 is 16.0 Å². The first-order chi connectivity index (χ1) is 22.4. The third kappa shape index (κ3) is 4.11. The number of nitrogens with two attached hydrogens (primary N) is 1. The average molecular weight is 615 g/mol. The van der Waals surface area contributed by atoms with E-state index in [1.807, 2.05) is 42.3 Å². The van der Waals surface area contributed by atoms with Crippen LogP contribution in [0.3, 0.4) is 0 Å². The summed E-state index contributed by atoms with van der Waals surface area (Å²) in [5.41, 5.74) is 12.6. The third-order valence-corrected chi connectivity index (χ3v) is 10.4. The Kier molecular flexibility index (Phi) is 5.92. The number of aromatic nitrogens is 6. The second-order valence-corrected chi connectivity index (χ2v) is 13.1. The number of likely N-dealkylation sites (tertiary alicyclic amines) is 1. The molecule has 3 aliphatic rings. The van der Waals surface area contributed by atoms with Gasteiger partial charge in [-0.1, -0.05) is 6.07 Å². The molecular weight excluding hydrogens is 580 g/mol. The molecule has 5 heterocycles. The number of pyridine rings is 1. The minimum Gasteiger partial charge on any atom is -0.494 e. The number of piperidine rings is 1. The Morgan fingerprint density at radius 3 is 2.67 bits per heavy atom. The van der Waals surface area contributed by atoms with E-state index in [4.69, 9.17) is 20.4 Å². The molecule has 6 aromatic rings. The smallest absolute Gasteiger partial charge is 0.258 e. The number of hydrogen-bond donors (Lipinski definition) is 2. The second kappa shape index (κ2) is 9.98. The van der Waals surface area contributed by atoms with Crippen LogP contribution in [-0.2, 0) is 13.6 Å². The number of benzene rings is 2. The van der Waals surface area contributed by atoms with Crippen LogP contribution in [0.1, 0.15) is 36.0 Å². The van der Waals surface area contributed by atoms with E-state index in [9.17, 15) is 9.59 Å². The average Bonchev–Trinajstić information content (AvgIpc) is 3.47. The number of H-pyrrole nitrogens is 1. The maximum Gasteiger partial charge on any atom is 0.258 e. The quantitative estimate of drug-likeness (QED) is 0.282. The van der Waals surface area contributed by atoms with Crippen molar-refractivity contribution in [1.29, 1.82) is 0 Å². The molecule has 232 valence electrons. The molecule has 9 rings (SSSR count). The minimum absolute atomic E-state index is 0.0110. The summed E-state index contributed by atoms with van der Waals surface area (Å²) in [6.45, 7) is 1.55.